The summed E-state index contributed by atoms with van der Waals surface area (Å²) in [5, 5.41) is 6.88. The molecule has 0 fully saturated rings. The minimum atomic E-state index is -0.252. The van der Waals surface area contributed by atoms with Gasteiger partial charge in [0.1, 0.15) is 5.69 Å². The fraction of sp³-hybridized carbons (Fsp3) is 0.143. The molecule has 0 aliphatic carbocycles. The van der Waals surface area contributed by atoms with Crippen molar-refractivity contribution in [1.29, 1.82) is 0 Å². The Morgan fingerprint density at radius 1 is 1.08 bits per heavy atom. The summed E-state index contributed by atoms with van der Waals surface area (Å²) >= 11 is 5.94. The molecule has 0 bridgehead atoms. The second kappa shape index (κ2) is 8.02. The largest absolute Gasteiger partial charge is 0.377 e. The minimum absolute atomic E-state index is 0.148. The first-order chi connectivity index (χ1) is 12.5. The van der Waals surface area contributed by atoms with Crippen molar-refractivity contribution in [2.75, 3.05) is 10.6 Å². The standard InChI is InChI=1S/C21H20ClN3O/c1-14-12-17(22)8-10-19(14)25-21(26)20-11-9-18(13-23-20)24-15(2)16-6-4-3-5-7-16/h3-13,15,24H,1-2H3,(H,25,26). The van der Waals surface area contributed by atoms with E-state index in [1.165, 1.54) is 5.56 Å². The Balaban J connectivity index is 1.66. The van der Waals surface area contributed by atoms with Crippen molar-refractivity contribution in [2.24, 2.45) is 0 Å². The van der Waals surface area contributed by atoms with Gasteiger partial charge in [-0.2, -0.15) is 0 Å². The highest BCUT2D eigenvalue weighted by molar-refractivity contribution is 6.30. The van der Waals surface area contributed by atoms with Gasteiger partial charge in [0.15, 0.2) is 0 Å². The minimum Gasteiger partial charge on any atom is -0.377 e. The maximum atomic E-state index is 12.4. The van der Waals surface area contributed by atoms with Crippen LogP contribution in [-0.4, -0.2) is 10.9 Å². The number of hydrogen-bond donors (Lipinski definition) is 2. The lowest BCUT2D eigenvalue weighted by atomic mass is 10.1. The number of amides is 1. The molecule has 1 unspecified atom stereocenters. The van der Waals surface area contributed by atoms with Crippen LogP contribution in [0.1, 0.15) is 34.6 Å². The van der Waals surface area contributed by atoms with Gasteiger partial charge < -0.3 is 10.6 Å². The number of carbonyl (C=O) groups is 1. The van der Waals surface area contributed by atoms with E-state index in [9.17, 15) is 4.79 Å². The van der Waals surface area contributed by atoms with E-state index >= 15 is 0 Å². The SMILES string of the molecule is Cc1cc(Cl)ccc1NC(=O)c1ccc(NC(C)c2ccccc2)cn1. The lowest BCUT2D eigenvalue weighted by molar-refractivity contribution is 0.102. The molecule has 26 heavy (non-hydrogen) atoms. The first kappa shape index (κ1) is 18.0. The Morgan fingerprint density at radius 2 is 1.85 bits per heavy atom. The zero-order chi connectivity index (χ0) is 18.5. The molecular formula is C21H20ClN3O. The van der Waals surface area contributed by atoms with Gasteiger partial charge in [0.25, 0.3) is 5.91 Å². The molecule has 132 valence electrons. The summed E-state index contributed by atoms with van der Waals surface area (Å²) in [5.41, 5.74) is 4.03. The summed E-state index contributed by atoms with van der Waals surface area (Å²) in [4.78, 5) is 16.6. The van der Waals surface area contributed by atoms with E-state index in [4.69, 9.17) is 11.6 Å². The van der Waals surface area contributed by atoms with Crippen molar-refractivity contribution in [1.82, 2.24) is 4.98 Å². The molecule has 0 saturated heterocycles. The summed E-state index contributed by atoms with van der Waals surface area (Å²) in [6.45, 7) is 3.98. The second-order valence-electron chi connectivity index (χ2n) is 6.12. The fourth-order valence-corrected chi connectivity index (χ4v) is 2.87. The lowest BCUT2D eigenvalue weighted by Crippen LogP contribution is -2.14. The van der Waals surface area contributed by atoms with E-state index in [1.807, 2.05) is 37.3 Å². The van der Waals surface area contributed by atoms with Gasteiger partial charge in [-0.15, -0.1) is 0 Å². The summed E-state index contributed by atoms with van der Waals surface area (Å²) < 4.78 is 0. The maximum absolute atomic E-state index is 12.4. The molecule has 5 heteroatoms. The van der Waals surface area contributed by atoms with E-state index in [-0.39, 0.29) is 11.9 Å². The van der Waals surface area contributed by atoms with Gasteiger partial charge in [-0.3, -0.25) is 4.79 Å². The third kappa shape index (κ3) is 4.41. The Hall–Kier alpha value is -2.85. The van der Waals surface area contributed by atoms with Gasteiger partial charge >= 0.3 is 0 Å². The van der Waals surface area contributed by atoms with E-state index in [2.05, 4.69) is 34.7 Å². The van der Waals surface area contributed by atoms with Crippen LogP contribution in [0.4, 0.5) is 11.4 Å². The number of rotatable bonds is 5. The van der Waals surface area contributed by atoms with Gasteiger partial charge in [0, 0.05) is 16.8 Å². The second-order valence-corrected chi connectivity index (χ2v) is 6.56. The van der Waals surface area contributed by atoms with E-state index < -0.39 is 0 Å². The van der Waals surface area contributed by atoms with Crippen LogP contribution in [0.25, 0.3) is 0 Å². The third-order valence-electron chi connectivity index (χ3n) is 4.12. The lowest BCUT2D eigenvalue weighted by Gasteiger charge is -2.15. The van der Waals surface area contributed by atoms with Crippen LogP contribution >= 0.6 is 11.6 Å². The Bertz CT molecular complexity index is 895. The highest BCUT2D eigenvalue weighted by atomic mass is 35.5. The summed E-state index contributed by atoms with van der Waals surface area (Å²) in [6.07, 6.45) is 1.67. The summed E-state index contributed by atoms with van der Waals surface area (Å²) in [7, 11) is 0. The predicted molar refractivity (Wildman–Crippen MR) is 107 cm³/mol. The molecule has 1 atom stereocenters. The molecule has 2 aromatic carbocycles. The Morgan fingerprint density at radius 3 is 2.50 bits per heavy atom. The normalized spacial score (nSPS) is 11.7. The summed E-state index contributed by atoms with van der Waals surface area (Å²) in [6, 6.07) is 19.2. The van der Waals surface area contributed by atoms with Gasteiger partial charge in [-0.25, -0.2) is 4.98 Å². The number of hydrogen-bond acceptors (Lipinski definition) is 3. The zero-order valence-electron chi connectivity index (χ0n) is 14.7. The van der Waals surface area contributed by atoms with Crippen molar-refractivity contribution < 1.29 is 4.79 Å². The van der Waals surface area contributed by atoms with Gasteiger partial charge in [0.2, 0.25) is 0 Å². The molecule has 0 saturated carbocycles. The van der Waals surface area contributed by atoms with E-state index in [1.54, 1.807) is 24.4 Å². The van der Waals surface area contributed by atoms with Gasteiger partial charge in [0.05, 0.1) is 11.9 Å². The molecule has 0 aliphatic rings. The number of carbonyl (C=O) groups excluding carboxylic acids is 1. The van der Waals surface area contributed by atoms with Crippen LogP contribution in [0.15, 0.2) is 66.9 Å². The Kier molecular flexibility index (Phi) is 5.54. The number of aromatic nitrogens is 1. The zero-order valence-corrected chi connectivity index (χ0v) is 15.4. The summed E-state index contributed by atoms with van der Waals surface area (Å²) in [5.74, 6) is -0.252. The maximum Gasteiger partial charge on any atom is 0.274 e. The number of anilines is 2. The topological polar surface area (TPSA) is 54.0 Å². The van der Waals surface area contributed by atoms with Gasteiger partial charge in [-0.05, 0) is 55.3 Å². The highest BCUT2D eigenvalue weighted by Gasteiger charge is 2.10. The fourth-order valence-electron chi connectivity index (χ4n) is 2.64. The monoisotopic (exact) mass is 365 g/mol. The quantitative estimate of drug-likeness (QED) is 0.630. The third-order valence-corrected chi connectivity index (χ3v) is 4.35. The molecule has 1 aromatic heterocycles. The first-order valence-electron chi connectivity index (χ1n) is 8.38. The van der Waals surface area contributed by atoms with Crippen LogP contribution in [0, 0.1) is 6.92 Å². The van der Waals surface area contributed by atoms with Gasteiger partial charge in [-0.1, -0.05) is 41.9 Å². The highest BCUT2D eigenvalue weighted by Crippen LogP contribution is 2.21. The molecule has 0 radical (unpaired) electrons. The van der Waals surface area contributed by atoms with Crippen LogP contribution < -0.4 is 10.6 Å². The Labute approximate surface area is 158 Å². The van der Waals surface area contributed by atoms with Crippen LogP contribution in [0.3, 0.4) is 0 Å². The number of halogens is 1. The van der Waals surface area contributed by atoms with Crippen molar-refractivity contribution in [2.45, 2.75) is 19.9 Å². The number of pyridine rings is 1. The van der Waals surface area contributed by atoms with Crippen LogP contribution in [0.2, 0.25) is 5.02 Å². The first-order valence-corrected chi connectivity index (χ1v) is 8.76. The number of benzene rings is 2. The van der Waals surface area contributed by atoms with Crippen molar-refractivity contribution in [3.8, 4) is 0 Å². The molecule has 1 amide bonds. The van der Waals surface area contributed by atoms with Crippen molar-refractivity contribution in [3.05, 3.63) is 88.7 Å². The smallest absolute Gasteiger partial charge is 0.274 e. The molecule has 2 N–H and O–H groups in total. The van der Waals surface area contributed by atoms with Crippen LogP contribution in [-0.2, 0) is 0 Å². The van der Waals surface area contributed by atoms with E-state index in [0.29, 0.717) is 10.7 Å². The molecule has 3 aromatic rings. The molecule has 0 spiro atoms. The molecule has 1 heterocycles. The van der Waals surface area contributed by atoms with Crippen molar-refractivity contribution >= 4 is 28.9 Å². The van der Waals surface area contributed by atoms with E-state index in [0.717, 1.165) is 16.9 Å². The molecule has 3 rings (SSSR count). The molecule has 4 nitrogen and oxygen atoms in total. The average molecular weight is 366 g/mol. The predicted octanol–water partition coefficient (Wildman–Crippen LogP) is 5.47. The van der Waals surface area contributed by atoms with Crippen LogP contribution in [0.5, 0.6) is 0 Å². The number of nitrogens with one attached hydrogen (secondary N) is 2. The number of nitrogens with zero attached hydrogens (tertiary/aromatic N) is 1. The van der Waals surface area contributed by atoms with Crippen molar-refractivity contribution in [3.63, 3.8) is 0 Å². The average Bonchev–Trinajstić information content (AvgIpc) is 2.65. The number of aryl methyl sites for hydroxylation is 1. The molecule has 0 aliphatic heterocycles. The molecular weight excluding hydrogens is 346 g/mol.